The molecule has 2 N–H and O–H groups in total. The van der Waals surface area contributed by atoms with Gasteiger partial charge in [0.15, 0.2) is 0 Å². The zero-order chi connectivity index (χ0) is 13.1. The summed E-state index contributed by atoms with van der Waals surface area (Å²) in [6.45, 7) is 0.720. The molecule has 1 saturated carbocycles. The van der Waals surface area contributed by atoms with Crippen LogP contribution in [0.3, 0.4) is 0 Å². The predicted octanol–water partition coefficient (Wildman–Crippen LogP) is 2.40. The summed E-state index contributed by atoms with van der Waals surface area (Å²) in [6.07, 6.45) is 6.11. The van der Waals surface area contributed by atoms with Gasteiger partial charge in [-0.1, -0.05) is 6.07 Å². The number of rotatable bonds is 5. The quantitative estimate of drug-likeness (QED) is 0.859. The molecule has 1 aliphatic rings. The number of hydrogen-bond acceptors (Lipinski definition) is 5. The Morgan fingerprint density at radius 1 is 1.32 bits per heavy atom. The first-order valence-electron chi connectivity index (χ1n) is 6.54. The summed E-state index contributed by atoms with van der Waals surface area (Å²) in [4.78, 5) is 13.0. The summed E-state index contributed by atoms with van der Waals surface area (Å²) in [5, 5.41) is 6.34. The van der Waals surface area contributed by atoms with E-state index >= 15 is 0 Å². The Morgan fingerprint density at radius 3 is 2.89 bits per heavy atom. The Bertz CT molecular complexity index is 551. The van der Waals surface area contributed by atoms with Crippen molar-refractivity contribution in [2.24, 2.45) is 0 Å². The molecule has 1 fully saturated rings. The Labute approximate surface area is 112 Å². The molecule has 0 aliphatic heterocycles. The van der Waals surface area contributed by atoms with Gasteiger partial charge in [-0.15, -0.1) is 0 Å². The maximum Gasteiger partial charge on any atom is 0.224 e. The highest BCUT2D eigenvalue weighted by atomic mass is 15.1. The topological polar surface area (TPSA) is 62.7 Å². The van der Waals surface area contributed by atoms with Crippen LogP contribution in [-0.4, -0.2) is 22.0 Å². The van der Waals surface area contributed by atoms with Gasteiger partial charge >= 0.3 is 0 Å². The van der Waals surface area contributed by atoms with E-state index in [1.54, 1.807) is 6.20 Å². The maximum absolute atomic E-state index is 4.49. The van der Waals surface area contributed by atoms with E-state index in [1.807, 2.05) is 25.4 Å². The molecule has 5 nitrogen and oxygen atoms in total. The molecule has 2 heterocycles. The third kappa shape index (κ3) is 2.99. The average Bonchev–Trinajstić information content (AvgIpc) is 3.30. The van der Waals surface area contributed by atoms with Gasteiger partial charge in [0.05, 0.1) is 5.69 Å². The Hall–Kier alpha value is -2.17. The van der Waals surface area contributed by atoms with Gasteiger partial charge in [0, 0.05) is 38.0 Å². The first-order chi connectivity index (χ1) is 9.35. The molecule has 98 valence electrons. The molecule has 3 rings (SSSR count). The van der Waals surface area contributed by atoms with Gasteiger partial charge in [-0.25, -0.2) is 4.98 Å². The van der Waals surface area contributed by atoms with Crippen molar-refractivity contribution in [1.82, 2.24) is 15.0 Å². The molecule has 5 heteroatoms. The zero-order valence-electron chi connectivity index (χ0n) is 10.9. The number of aromatic nitrogens is 3. The van der Waals surface area contributed by atoms with Crippen LogP contribution in [0.1, 0.15) is 30.0 Å². The smallest absolute Gasteiger partial charge is 0.224 e. The van der Waals surface area contributed by atoms with Crippen molar-refractivity contribution < 1.29 is 0 Å². The fourth-order valence-electron chi connectivity index (χ4n) is 1.95. The van der Waals surface area contributed by atoms with E-state index in [-0.39, 0.29) is 0 Å². The lowest BCUT2D eigenvalue weighted by Gasteiger charge is -2.09. The van der Waals surface area contributed by atoms with Crippen molar-refractivity contribution in [3.8, 4) is 0 Å². The lowest BCUT2D eigenvalue weighted by Crippen LogP contribution is -2.06. The second-order valence-corrected chi connectivity index (χ2v) is 4.74. The summed E-state index contributed by atoms with van der Waals surface area (Å²) < 4.78 is 0. The molecule has 0 bridgehead atoms. The van der Waals surface area contributed by atoms with Crippen molar-refractivity contribution in [1.29, 1.82) is 0 Å². The highest BCUT2D eigenvalue weighted by Gasteiger charge is 2.26. The second kappa shape index (κ2) is 5.22. The molecule has 0 amide bonds. The largest absolute Gasteiger partial charge is 0.366 e. The van der Waals surface area contributed by atoms with E-state index in [2.05, 4.69) is 31.7 Å². The minimum Gasteiger partial charge on any atom is -0.366 e. The van der Waals surface area contributed by atoms with Crippen LogP contribution in [0.4, 0.5) is 11.8 Å². The van der Waals surface area contributed by atoms with Crippen LogP contribution < -0.4 is 10.6 Å². The van der Waals surface area contributed by atoms with Gasteiger partial charge in [0.2, 0.25) is 5.95 Å². The first-order valence-corrected chi connectivity index (χ1v) is 6.54. The minimum atomic E-state index is 0.619. The number of pyridine rings is 1. The second-order valence-electron chi connectivity index (χ2n) is 4.74. The van der Waals surface area contributed by atoms with Gasteiger partial charge in [-0.3, -0.25) is 4.98 Å². The van der Waals surface area contributed by atoms with Gasteiger partial charge in [-0.2, -0.15) is 4.98 Å². The monoisotopic (exact) mass is 255 g/mol. The normalized spacial score (nSPS) is 14.2. The molecule has 0 radical (unpaired) electrons. The number of nitrogens with zero attached hydrogens (tertiary/aromatic N) is 3. The molecular formula is C14H17N5. The SMILES string of the molecule is CNc1nc(NCc2cccnc2)cc(C2CC2)n1. The van der Waals surface area contributed by atoms with E-state index in [9.17, 15) is 0 Å². The Kier molecular flexibility index (Phi) is 3.27. The molecule has 0 saturated heterocycles. The highest BCUT2D eigenvalue weighted by Crippen LogP contribution is 2.39. The van der Waals surface area contributed by atoms with Crippen LogP contribution in [0.5, 0.6) is 0 Å². The van der Waals surface area contributed by atoms with E-state index < -0.39 is 0 Å². The lowest BCUT2D eigenvalue weighted by molar-refractivity contribution is 0.978. The fraction of sp³-hybridized carbons (Fsp3) is 0.357. The maximum atomic E-state index is 4.49. The summed E-state index contributed by atoms with van der Waals surface area (Å²) in [6, 6.07) is 6.03. The zero-order valence-corrected chi connectivity index (χ0v) is 10.9. The Balaban J connectivity index is 1.74. The van der Waals surface area contributed by atoms with Crippen molar-refractivity contribution in [2.45, 2.75) is 25.3 Å². The summed E-state index contributed by atoms with van der Waals surface area (Å²) in [5.41, 5.74) is 2.27. The van der Waals surface area contributed by atoms with Gasteiger partial charge in [0.1, 0.15) is 5.82 Å². The number of hydrogen-bond donors (Lipinski definition) is 2. The molecule has 0 unspecified atom stereocenters. The predicted molar refractivity (Wildman–Crippen MR) is 75.1 cm³/mol. The molecule has 1 aliphatic carbocycles. The van der Waals surface area contributed by atoms with Crippen LogP contribution in [0.15, 0.2) is 30.6 Å². The van der Waals surface area contributed by atoms with Crippen molar-refractivity contribution in [2.75, 3.05) is 17.7 Å². The lowest BCUT2D eigenvalue weighted by atomic mass is 10.2. The molecule has 2 aromatic rings. The molecule has 0 spiro atoms. The molecule has 0 aromatic carbocycles. The van der Waals surface area contributed by atoms with Gasteiger partial charge in [0.25, 0.3) is 0 Å². The third-order valence-corrected chi connectivity index (χ3v) is 3.16. The average molecular weight is 255 g/mol. The molecule has 2 aromatic heterocycles. The number of nitrogens with one attached hydrogen (secondary N) is 2. The van der Waals surface area contributed by atoms with Gasteiger partial charge < -0.3 is 10.6 Å². The molecule has 19 heavy (non-hydrogen) atoms. The van der Waals surface area contributed by atoms with Crippen LogP contribution in [-0.2, 0) is 6.54 Å². The van der Waals surface area contributed by atoms with Crippen LogP contribution in [0.25, 0.3) is 0 Å². The van der Waals surface area contributed by atoms with Crippen molar-refractivity contribution >= 4 is 11.8 Å². The summed E-state index contributed by atoms with van der Waals surface area (Å²) in [7, 11) is 1.84. The van der Waals surface area contributed by atoms with Crippen molar-refractivity contribution in [3.05, 3.63) is 41.9 Å². The highest BCUT2D eigenvalue weighted by molar-refractivity contribution is 5.44. The van der Waals surface area contributed by atoms with E-state index in [4.69, 9.17) is 0 Å². The number of anilines is 2. The van der Waals surface area contributed by atoms with Crippen molar-refractivity contribution in [3.63, 3.8) is 0 Å². The van der Waals surface area contributed by atoms with Gasteiger partial charge in [-0.05, 0) is 24.5 Å². The van der Waals surface area contributed by atoms with E-state index in [1.165, 1.54) is 12.8 Å². The standard InChI is InChI=1S/C14H17N5/c1-15-14-18-12(11-4-5-11)7-13(19-14)17-9-10-3-2-6-16-8-10/h2-3,6-8,11H,4-5,9H2,1H3,(H2,15,17,18,19). The van der Waals surface area contributed by atoms with Crippen LogP contribution in [0.2, 0.25) is 0 Å². The molecule has 0 atom stereocenters. The summed E-state index contributed by atoms with van der Waals surface area (Å²) in [5.74, 6) is 2.16. The fourth-order valence-corrected chi connectivity index (χ4v) is 1.95. The Morgan fingerprint density at radius 2 is 2.21 bits per heavy atom. The third-order valence-electron chi connectivity index (χ3n) is 3.16. The first kappa shape index (κ1) is 11.9. The minimum absolute atomic E-state index is 0.619. The summed E-state index contributed by atoms with van der Waals surface area (Å²) >= 11 is 0. The van der Waals surface area contributed by atoms with E-state index in [0.717, 1.165) is 23.6 Å². The van der Waals surface area contributed by atoms with Crippen LogP contribution in [0, 0.1) is 0 Å². The van der Waals surface area contributed by atoms with E-state index in [0.29, 0.717) is 11.9 Å². The molecular weight excluding hydrogens is 238 g/mol. The van der Waals surface area contributed by atoms with Crippen LogP contribution >= 0.6 is 0 Å².